The van der Waals surface area contributed by atoms with Gasteiger partial charge in [-0.1, -0.05) is 12.1 Å². The zero-order valence-electron chi connectivity index (χ0n) is 11.4. The Morgan fingerprint density at radius 3 is 2.85 bits per heavy atom. The lowest BCUT2D eigenvalue weighted by Gasteiger charge is -2.13. The number of rotatable bonds is 5. The Balaban J connectivity index is 1.81. The molecule has 3 rings (SSSR count). The van der Waals surface area contributed by atoms with Crippen molar-refractivity contribution in [3.63, 3.8) is 0 Å². The highest BCUT2D eigenvalue weighted by atomic mass is 15.3. The highest BCUT2D eigenvalue weighted by Gasteiger charge is 2.05. The molecule has 5 nitrogen and oxygen atoms in total. The van der Waals surface area contributed by atoms with Crippen molar-refractivity contribution in [2.45, 2.75) is 20.0 Å². The first-order valence-corrected chi connectivity index (χ1v) is 6.70. The van der Waals surface area contributed by atoms with E-state index in [0.717, 1.165) is 24.5 Å². The highest BCUT2D eigenvalue weighted by molar-refractivity contribution is 5.60. The first-order chi connectivity index (χ1) is 9.88. The third-order valence-corrected chi connectivity index (χ3v) is 3.25. The van der Waals surface area contributed by atoms with E-state index in [1.807, 2.05) is 39.8 Å². The fourth-order valence-corrected chi connectivity index (χ4v) is 2.23. The maximum atomic E-state index is 4.28. The number of hydrogen-bond donors (Lipinski definition) is 1. The van der Waals surface area contributed by atoms with Gasteiger partial charge in [-0.05, 0) is 25.1 Å². The molecule has 0 amide bonds. The molecule has 0 fully saturated rings. The summed E-state index contributed by atoms with van der Waals surface area (Å²) in [5.41, 5.74) is 3.34. The summed E-state index contributed by atoms with van der Waals surface area (Å²) in [5.74, 6) is 0. The SMILES string of the molecule is CCn1nccc1CNc1ccccc1-n1ccnc1. The van der Waals surface area contributed by atoms with Crippen LogP contribution in [0.15, 0.2) is 55.2 Å². The van der Waals surface area contributed by atoms with Crippen molar-refractivity contribution >= 4 is 5.69 Å². The first kappa shape index (κ1) is 12.5. The number of nitrogens with zero attached hydrogens (tertiary/aromatic N) is 4. The maximum absolute atomic E-state index is 4.28. The van der Waals surface area contributed by atoms with Crippen LogP contribution in [-0.4, -0.2) is 19.3 Å². The van der Waals surface area contributed by atoms with E-state index in [4.69, 9.17) is 0 Å². The predicted molar refractivity (Wildman–Crippen MR) is 78.8 cm³/mol. The molecule has 2 aromatic heterocycles. The van der Waals surface area contributed by atoms with E-state index >= 15 is 0 Å². The zero-order chi connectivity index (χ0) is 13.8. The lowest BCUT2D eigenvalue weighted by atomic mass is 10.2. The van der Waals surface area contributed by atoms with Crippen LogP contribution in [0, 0.1) is 0 Å². The minimum Gasteiger partial charge on any atom is -0.378 e. The van der Waals surface area contributed by atoms with Gasteiger partial charge in [-0.25, -0.2) is 4.98 Å². The summed E-state index contributed by atoms with van der Waals surface area (Å²) in [5, 5.41) is 7.75. The minimum absolute atomic E-state index is 0.750. The molecular weight excluding hydrogens is 250 g/mol. The van der Waals surface area contributed by atoms with Crippen molar-refractivity contribution in [2.24, 2.45) is 0 Å². The Kier molecular flexibility index (Phi) is 3.50. The molecule has 3 aromatic rings. The van der Waals surface area contributed by atoms with Crippen LogP contribution in [0.25, 0.3) is 5.69 Å². The normalized spacial score (nSPS) is 10.7. The van der Waals surface area contributed by atoms with Crippen LogP contribution in [0.4, 0.5) is 5.69 Å². The molecule has 0 atom stereocenters. The molecule has 0 aliphatic carbocycles. The number of hydrogen-bond acceptors (Lipinski definition) is 3. The van der Waals surface area contributed by atoms with Crippen molar-refractivity contribution in [2.75, 3.05) is 5.32 Å². The molecule has 0 unspecified atom stereocenters. The average Bonchev–Trinajstić information content (AvgIpc) is 3.16. The van der Waals surface area contributed by atoms with Gasteiger partial charge < -0.3 is 9.88 Å². The van der Waals surface area contributed by atoms with Crippen LogP contribution in [0.5, 0.6) is 0 Å². The number of aryl methyl sites for hydroxylation is 1. The van der Waals surface area contributed by atoms with Crippen LogP contribution in [-0.2, 0) is 13.1 Å². The van der Waals surface area contributed by atoms with Gasteiger partial charge in [0, 0.05) is 25.1 Å². The van der Waals surface area contributed by atoms with E-state index in [0.29, 0.717) is 0 Å². The molecule has 0 saturated carbocycles. The number of benzene rings is 1. The van der Waals surface area contributed by atoms with Gasteiger partial charge in [-0.15, -0.1) is 0 Å². The fraction of sp³-hybridized carbons (Fsp3) is 0.200. The highest BCUT2D eigenvalue weighted by Crippen LogP contribution is 2.20. The van der Waals surface area contributed by atoms with Crippen LogP contribution >= 0.6 is 0 Å². The van der Waals surface area contributed by atoms with Gasteiger partial charge >= 0.3 is 0 Å². The van der Waals surface area contributed by atoms with Crippen LogP contribution in [0.3, 0.4) is 0 Å². The lowest BCUT2D eigenvalue weighted by molar-refractivity contribution is 0.627. The van der Waals surface area contributed by atoms with Gasteiger partial charge in [0.2, 0.25) is 0 Å². The van der Waals surface area contributed by atoms with Crippen LogP contribution in [0.2, 0.25) is 0 Å². The Hall–Kier alpha value is -2.56. The summed E-state index contributed by atoms with van der Waals surface area (Å²) in [6.07, 6.45) is 7.36. The Labute approximate surface area is 117 Å². The number of anilines is 1. The lowest BCUT2D eigenvalue weighted by Crippen LogP contribution is -2.09. The molecule has 2 heterocycles. The molecule has 0 bridgehead atoms. The molecule has 0 radical (unpaired) electrons. The second kappa shape index (κ2) is 5.61. The quantitative estimate of drug-likeness (QED) is 0.773. The van der Waals surface area contributed by atoms with E-state index < -0.39 is 0 Å². The second-order valence-corrected chi connectivity index (χ2v) is 4.48. The van der Waals surface area contributed by atoms with Gasteiger partial charge in [0.1, 0.15) is 0 Å². The summed E-state index contributed by atoms with van der Waals surface area (Å²) >= 11 is 0. The Morgan fingerprint density at radius 2 is 2.05 bits per heavy atom. The van der Waals surface area contributed by atoms with Crippen molar-refractivity contribution < 1.29 is 0 Å². The van der Waals surface area contributed by atoms with Gasteiger partial charge in [0.15, 0.2) is 0 Å². The van der Waals surface area contributed by atoms with E-state index in [1.165, 1.54) is 5.69 Å². The monoisotopic (exact) mass is 267 g/mol. The van der Waals surface area contributed by atoms with Crippen LogP contribution in [0.1, 0.15) is 12.6 Å². The van der Waals surface area contributed by atoms with Crippen LogP contribution < -0.4 is 5.32 Å². The van der Waals surface area contributed by atoms with E-state index in [1.54, 1.807) is 12.5 Å². The molecule has 1 aromatic carbocycles. The van der Waals surface area contributed by atoms with Crippen molar-refractivity contribution in [3.05, 3.63) is 60.9 Å². The van der Waals surface area contributed by atoms with Gasteiger partial charge in [-0.3, -0.25) is 4.68 Å². The molecule has 1 N–H and O–H groups in total. The topological polar surface area (TPSA) is 47.7 Å². The maximum Gasteiger partial charge on any atom is 0.0992 e. The van der Waals surface area contributed by atoms with E-state index in [9.17, 15) is 0 Å². The molecule has 102 valence electrons. The molecule has 0 saturated heterocycles. The van der Waals surface area contributed by atoms with Gasteiger partial charge in [0.05, 0.1) is 29.9 Å². The number of para-hydroxylation sites is 2. The fourth-order valence-electron chi connectivity index (χ4n) is 2.23. The van der Waals surface area contributed by atoms with E-state index in [2.05, 4.69) is 34.5 Å². The summed E-state index contributed by atoms with van der Waals surface area (Å²) in [7, 11) is 0. The largest absolute Gasteiger partial charge is 0.378 e. The third-order valence-electron chi connectivity index (χ3n) is 3.25. The van der Waals surface area contributed by atoms with Crippen molar-refractivity contribution in [3.8, 4) is 5.69 Å². The van der Waals surface area contributed by atoms with E-state index in [-0.39, 0.29) is 0 Å². The first-order valence-electron chi connectivity index (χ1n) is 6.70. The summed E-state index contributed by atoms with van der Waals surface area (Å²) in [6, 6.07) is 10.2. The zero-order valence-corrected chi connectivity index (χ0v) is 11.4. The molecule has 0 aliphatic rings. The molecule has 0 aliphatic heterocycles. The number of nitrogens with one attached hydrogen (secondary N) is 1. The van der Waals surface area contributed by atoms with Gasteiger partial charge in [0.25, 0.3) is 0 Å². The summed E-state index contributed by atoms with van der Waals surface area (Å²) in [4.78, 5) is 4.10. The van der Waals surface area contributed by atoms with Crippen molar-refractivity contribution in [1.82, 2.24) is 19.3 Å². The molecule has 5 heteroatoms. The number of aromatic nitrogens is 4. The third kappa shape index (κ3) is 2.42. The van der Waals surface area contributed by atoms with Crippen molar-refractivity contribution in [1.29, 1.82) is 0 Å². The smallest absolute Gasteiger partial charge is 0.0992 e. The molecule has 0 spiro atoms. The minimum atomic E-state index is 0.750. The molecular formula is C15H17N5. The Bertz CT molecular complexity index is 669. The standard InChI is InChI=1S/C15H17N5/c1-2-20-13(7-8-18-20)11-17-14-5-3-4-6-15(14)19-10-9-16-12-19/h3-10,12,17H,2,11H2,1H3. The summed E-state index contributed by atoms with van der Waals surface area (Å²) < 4.78 is 3.99. The Morgan fingerprint density at radius 1 is 1.15 bits per heavy atom. The average molecular weight is 267 g/mol. The second-order valence-electron chi connectivity index (χ2n) is 4.48. The van der Waals surface area contributed by atoms with Gasteiger partial charge in [-0.2, -0.15) is 5.10 Å². The number of imidazole rings is 1. The predicted octanol–water partition coefficient (Wildman–Crippen LogP) is 2.70. The summed E-state index contributed by atoms with van der Waals surface area (Å²) in [6.45, 7) is 3.72. The molecule has 20 heavy (non-hydrogen) atoms.